The average Bonchev–Trinajstić information content (AvgIpc) is 2.69. The molecule has 0 aliphatic rings. The first-order valence-electron chi connectivity index (χ1n) is 8.55. The number of rotatable bonds is 6. The summed E-state index contributed by atoms with van der Waals surface area (Å²) in [5.74, 6) is 0.519. The summed E-state index contributed by atoms with van der Waals surface area (Å²) in [6.45, 7) is 1.93. The normalized spacial score (nSPS) is 11.6. The van der Waals surface area contributed by atoms with Crippen molar-refractivity contribution >= 4 is 27.5 Å². The van der Waals surface area contributed by atoms with E-state index in [-0.39, 0.29) is 5.91 Å². The first-order valence-corrected chi connectivity index (χ1v) is 9.34. The number of hydrogen-bond donors (Lipinski definition) is 1. The average molecular weight is 410 g/mol. The van der Waals surface area contributed by atoms with E-state index >= 15 is 0 Å². The lowest BCUT2D eigenvalue weighted by Gasteiger charge is -2.18. The van der Waals surface area contributed by atoms with Gasteiger partial charge in [0, 0.05) is 4.47 Å². The Balaban J connectivity index is 1.68. The van der Waals surface area contributed by atoms with E-state index in [2.05, 4.69) is 33.4 Å². The number of hydrogen-bond acceptors (Lipinski definition) is 2. The number of para-hydroxylation sites is 1. The van der Waals surface area contributed by atoms with Crippen molar-refractivity contribution < 1.29 is 9.53 Å². The van der Waals surface area contributed by atoms with Gasteiger partial charge in [0.2, 0.25) is 0 Å². The molecule has 132 valence electrons. The van der Waals surface area contributed by atoms with Gasteiger partial charge in [-0.1, -0.05) is 61.5 Å². The van der Waals surface area contributed by atoms with Gasteiger partial charge in [0.05, 0.1) is 5.69 Å². The highest BCUT2D eigenvalue weighted by molar-refractivity contribution is 9.10. The Bertz CT molecular complexity index is 863. The molecule has 4 heteroatoms. The molecule has 1 atom stereocenters. The topological polar surface area (TPSA) is 38.3 Å². The molecule has 3 rings (SSSR count). The van der Waals surface area contributed by atoms with Crippen LogP contribution >= 0.6 is 15.9 Å². The Morgan fingerprint density at radius 2 is 1.54 bits per heavy atom. The van der Waals surface area contributed by atoms with Crippen LogP contribution < -0.4 is 10.1 Å². The van der Waals surface area contributed by atoms with Gasteiger partial charge in [-0.15, -0.1) is 0 Å². The summed E-state index contributed by atoms with van der Waals surface area (Å²) >= 11 is 3.44. The molecular weight excluding hydrogens is 390 g/mol. The largest absolute Gasteiger partial charge is 0.481 e. The Morgan fingerprint density at radius 3 is 2.19 bits per heavy atom. The summed E-state index contributed by atoms with van der Waals surface area (Å²) in [4.78, 5) is 12.5. The minimum absolute atomic E-state index is 0.161. The number of nitrogens with one attached hydrogen (secondary N) is 1. The third-order valence-corrected chi connectivity index (χ3v) is 4.73. The minimum atomic E-state index is -0.551. The van der Waals surface area contributed by atoms with Crippen LogP contribution in [-0.2, 0) is 4.79 Å². The number of carbonyl (C=O) groups is 1. The van der Waals surface area contributed by atoms with Crippen LogP contribution in [0.5, 0.6) is 5.75 Å². The first kappa shape index (κ1) is 18.2. The molecule has 0 heterocycles. The summed E-state index contributed by atoms with van der Waals surface area (Å²) in [5, 5.41) is 2.91. The molecule has 0 radical (unpaired) electrons. The van der Waals surface area contributed by atoms with E-state index in [0.717, 1.165) is 21.3 Å². The van der Waals surface area contributed by atoms with Gasteiger partial charge in [-0.3, -0.25) is 4.79 Å². The van der Waals surface area contributed by atoms with Gasteiger partial charge in [-0.2, -0.15) is 0 Å². The number of benzene rings is 3. The Labute approximate surface area is 162 Å². The van der Waals surface area contributed by atoms with Gasteiger partial charge in [0.1, 0.15) is 5.75 Å². The second kappa shape index (κ2) is 8.68. The quantitative estimate of drug-likeness (QED) is 0.549. The van der Waals surface area contributed by atoms with Crippen molar-refractivity contribution in [3.8, 4) is 16.9 Å². The maximum Gasteiger partial charge on any atom is 0.265 e. The zero-order valence-corrected chi connectivity index (χ0v) is 16.1. The lowest BCUT2D eigenvalue weighted by molar-refractivity contribution is -0.122. The van der Waals surface area contributed by atoms with Crippen molar-refractivity contribution in [2.75, 3.05) is 5.32 Å². The van der Waals surface area contributed by atoms with Gasteiger partial charge < -0.3 is 10.1 Å². The predicted octanol–water partition coefficient (Wildman–Crippen LogP) is 5.91. The van der Waals surface area contributed by atoms with Crippen molar-refractivity contribution in [2.45, 2.75) is 19.4 Å². The van der Waals surface area contributed by atoms with E-state index in [0.29, 0.717) is 12.2 Å². The van der Waals surface area contributed by atoms with E-state index in [1.807, 2.05) is 73.7 Å². The van der Waals surface area contributed by atoms with E-state index in [1.54, 1.807) is 0 Å². The van der Waals surface area contributed by atoms with Gasteiger partial charge in [0.25, 0.3) is 5.91 Å². The SMILES string of the molecule is CCC(Oc1ccc(-c2ccccc2)cc1)C(=O)Nc1ccccc1Br. The van der Waals surface area contributed by atoms with Crippen LogP contribution in [0.1, 0.15) is 13.3 Å². The molecule has 26 heavy (non-hydrogen) atoms. The molecule has 0 aromatic heterocycles. The number of amides is 1. The summed E-state index contributed by atoms with van der Waals surface area (Å²) < 4.78 is 6.74. The zero-order chi connectivity index (χ0) is 18.4. The van der Waals surface area contributed by atoms with Crippen LogP contribution in [0.3, 0.4) is 0 Å². The van der Waals surface area contributed by atoms with Crippen LogP contribution in [0.2, 0.25) is 0 Å². The Kier molecular flexibility index (Phi) is 6.08. The van der Waals surface area contributed by atoms with Crippen LogP contribution in [-0.4, -0.2) is 12.0 Å². The second-order valence-electron chi connectivity index (χ2n) is 5.87. The molecule has 0 aliphatic carbocycles. The van der Waals surface area contributed by atoms with Crippen LogP contribution in [0.15, 0.2) is 83.3 Å². The van der Waals surface area contributed by atoms with E-state index in [9.17, 15) is 4.79 Å². The third-order valence-electron chi connectivity index (χ3n) is 4.03. The maximum absolute atomic E-state index is 12.5. The van der Waals surface area contributed by atoms with Crippen molar-refractivity contribution in [2.24, 2.45) is 0 Å². The van der Waals surface area contributed by atoms with Crippen LogP contribution in [0.25, 0.3) is 11.1 Å². The molecule has 0 spiro atoms. The molecule has 1 amide bonds. The summed E-state index contributed by atoms with van der Waals surface area (Å²) in [7, 11) is 0. The van der Waals surface area contributed by atoms with E-state index in [4.69, 9.17) is 4.74 Å². The summed E-state index contributed by atoms with van der Waals surface area (Å²) in [6, 6.07) is 25.5. The van der Waals surface area contributed by atoms with Crippen molar-refractivity contribution in [1.82, 2.24) is 0 Å². The van der Waals surface area contributed by atoms with Crippen molar-refractivity contribution in [3.63, 3.8) is 0 Å². The summed E-state index contributed by atoms with van der Waals surface area (Å²) in [6.07, 6.45) is 0.0289. The van der Waals surface area contributed by atoms with Gasteiger partial charge in [0.15, 0.2) is 6.10 Å². The highest BCUT2D eigenvalue weighted by atomic mass is 79.9. The van der Waals surface area contributed by atoms with E-state index < -0.39 is 6.10 Å². The van der Waals surface area contributed by atoms with Crippen molar-refractivity contribution in [3.05, 3.63) is 83.3 Å². The fourth-order valence-corrected chi connectivity index (χ4v) is 3.00. The number of ether oxygens (including phenoxy) is 1. The molecular formula is C22H20BrNO2. The summed E-state index contributed by atoms with van der Waals surface area (Å²) in [5.41, 5.74) is 3.00. The second-order valence-corrected chi connectivity index (χ2v) is 6.73. The molecule has 0 bridgehead atoms. The highest BCUT2D eigenvalue weighted by Crippen LogP contribution is 2.24. The van der Waals surface area contributed by atoms with E-state index in [1.165, 1.54) is 0 Å². The minimum Gasteiger partial charge on any atom is -0.481 e. The Morgan fingerprint density at radius 1 is 0.923 bits per heavy atom. The standard InChI is InChI=1S/C22H20BrNO2/c1-2-21(22(25)24-20-11-7-6-10-19(20)23)26-18-14-12-17(13-15-18)16-8-4-3-5-9-16/h3-15,21H,2H2,1H3,(H,24,25). The lowest BCUT2D eigenvalue weighted by Crippen LogP contribution is -2.32. The van der Waals surface area contributed by atoms with Crippen molar-refractivity contribution in [1.29, 1.82) is 0 Å². The first-order chi connectivity index (χ1) is 12.7. The molecule has 0 saturated heterocycles. The molecule has 0 aliphatic heterocycles. The van der Waals surface area contributed by atoms with Gasteiger partial charge in [-0.05, 0) is 57.7 Å². The molecule has 0 fully saturated rings. The van der Waals surface area contributed by atoms with Gasteiger partial charge >= 0.3 is 0 Å². The van der Waals surface area contributed by atoms with Crippen LogP contribution in [0.4, 0.5) is 5.69 Å². The number of halogens is 1. The number of anilines is 1. The monoisotopic (exact) mass is 409 g/mol. The third kappa shape index (κ3) is 4.52. The smallest absolute Gasteiger partial charge is 0.265 e. The zero-order valence-electron chi connectivity index (χ0n) is 14.5. The molecule has 0 saturated carbocycles. The molecule has 3 nitrogen and oxygen atoms in total. The molecule has 1 unspecified atom stereocenters. The maximum atomic E-state index is 12.5. The fourth-order valence-electron chi connectivity index (χ4n) is 2.62. The molecule has 1 N–H and O–H groups in total. The highest BCUT2D eigenvalue weighted by Gasteiger charge is 2.19. The van der Waals surface area contributed by atoms with Gasteiger partial charge in [-0.25, -0.2) is 0 Å². The predicted molar refractivity (Wildman–Crippen MR) is 109 cm³/mol. The Hall–Kier alpha value is -2.59. The molecule has 3 aromatic carbocycles. The fraction of sp³-hybridized carbons (Fsp3) is 0.136. The molecule has 3 aromatic rings. The lowest BCUT2D eigenvalue weighted by atomic mass is 10.1. The number of carbonyl (C=O) groups excluding carboxylic acids is 1. The van der Waals surface area contributed by atoms with Crippen LogP contribution in [0, 0.1) is 0 Å².